The number of halogens is 1. The molecule has 2 fully saturated rings. The van der Waals surface area contributed by atoms with Crippen LogP contribution in [0, 0.1) is 11.7 Å². The molecule has 2 heterocycles. The van der Waals surface area contributed by atoms with Gasteiger partial charge in [0, 0.05) is 25.2 Å². The number of nitrogens with zero attached hydrogens (tertiary/aromatic N) is 2. The van der Waals surface area contributed by atoms with E-state index in [1.165, 1.54) is 12.1 Å². The molecule has 5 heteroatoms. The van der Waals surface area contributed by atoms with Crippen LogP contribution >= 0.6 is 0 Å². The van der Waals surface area contributed by atoms with Crippen LogP contribution in [0.2, 0.25) is 0 Å². The summed E-state index contributed by atoms with van der Waals surface area (Å²) in [5, 5.41) is 0. The summed E-state index contributed by atoms with van der Waals surface area (Å²) < 4.78 is 13.1. The fourth-order valence-corrected chi connectivity index (χ4v) is 3.28. The highest BCUT2D eigenvalue weighted by Gasteiger charge is 2.39. The Hall–Kier alpha value is -1.91. The number of benzene rings is 1. The molecule has 1 atom stereocenters. The molecular formula is C17H21FN2O2. The lowest BCUT2D eigenvalue weighted by atomic mass is 9.98. The Morgan fingerprint density at radius 2 is 1.77 bits per heavy atom. The Morgan fingerprint density at radius 3 is 2.41 bits per heavy atom. The minimum Gasteiger partial charge on any atom is -0.341 e. The van der Waals surface area contributed by atoms with Gasteiger partial charge in [0.1, 0.15) is 11.9 Å². The van der Waals surface area contributed by atoms with Crippen molar-refractivity contribution >= 4 is 17.5 Å². The zero-order valence-corrected chi connectivity index (χ0v) is 12.8. The van der Waals surface area contributed by atoms with Gasteiger partial charge in [-0.15, -0.1) is 0 Å². The highest BCUT2D eigenvalue weighted by molar-refractivity contribution is 6.03. The van der Waals surface area contributed by atoms with Gasteiger partial charge < -0.3 is 4.90 Å². The molecular weight excluding hydrogens is 283 g/mol. The molecule has 1 unspecified atom stereocenters. The van der Waals surface area contributed by atoms with Crippen molar-refractivity contribution in [1.29, 1.82) is 0 Å². The van der Waals surface area contributed by atoms with E-state index in [0.29, 0.717) is 24.4 Å². The summed E-state index contributed by atoms with van der Waals surface area (Å²) in [6.45, 7) is 3.73. The Balaban J connectivity index is 1.78. The van der Waals surface area contributed by atoms with Gasteiger partial charge in [-0.1, -0.05) is 6.92 Å². The van der Waals surface area contributed by atoms with E-state index in [4.69, 9.17) is 0 Å². The number of hydrogen-bond acceptors (Lipinski definition) is 2. The largest absolute Gasteiger partial charge is 0.341 e. The lowest BCUT2D eigenvalue weighted by Gasteiger charge is -2.34. The zero-order valence-electron chi connectivity index (χ0n) is 12.8. The van der Waals surface area contributed by atoms with E-state index in [2.05, 4.69) is 6.92 Å². The molecule has 3 rings (SSSR count). The quantitative estimate of drug-likeness (QED) is 0.842. The van der Waals surface area contributed by atoms with Gasteiger partial charge in [-0.2, -0.15) is 0 Å². The van der Waals surface area contributed by atoms with Gasteiger partial charge in [-0.3, -0.25) is 14.5 Å². The van der Waals surface area contributed by atoms with Crippen LogP contribution in [0.25, 0.3) is 0 Å². The third kappa shape index (κ3) is 2.85. The molecule has 22 heavy (non-hydrogen) atoms. The summed E-state index contributed by atoms with van der Waals surface area (Å²) in [4.78, 5) is 28.3. The second-order valence-electron chi connectivity index (χ2n) is 6.30. The monoisotopic (exact) mass is 304 g/mol. The third-order valence-electron chi connectivity index (χ3n) is 4.70. The van der Waals surface area contributed by atoms with E-state index >= 15 is 0 Å². The fraction of sp³-hybridized carbons (Fsp3) is 0.529. The first-order chi connectivity index (χ1) is 10.6. The average molecular weight is 304 g/mol. The molecule has 0 aromatic heterocycles. The minimum atomic E-state index is -0.439. The molecule has 2 saturated heterocycles. The first-order valence-corrected chi connectivity index (χ1v) is 7.92. The Bertz CT molecular complexity index is 565. The maximum Gasteiger partial charge on any atom is 0.245 e. The number of anilines is 1. The van der Waals surface area contributed by atoms with Crippen molar-refractivity contribution in [3.8, 4) is 0 Å². The lowest BCUT2D eigenvalue weighted by Crippen LogP contribution is -2.49. The smallest absolute Gasteiger partial charge is 0.245 e. The van der Waals surface area contributed by atoms with Gasteiger partial charge in [0.25, 0.3) is 0 Å². The van der Waals surface area contributed by atoms with Crippen molar-refractivity contribution in [1.82, 2.24) is 4.90 Å². The number of amides is 2. The average Bonchev–Trinajstić information content (AvgIpc) is 2.90. The predicted octanol–water partition coefficient (Wildman–Crippen LogP) is 2.58. The Morgan fingerprint density at radius 1 is 1.14 bits per heavy atom. The fourth-order valence-electron chi connectivity index (χ4n) is 3.28. The van der Waals surface area contributed by atoms with Crippen LogP contribution in [0.15, 0.2) is 24.3 Å². The first-order valence-electron chi connectivity index (χ1n) is 7.92. The van der Waals surface area contributed by atoms with Gasteiger partial charge >= 0.3 is 0 Å². The maximum absolute atomic E-state index is 13.1. The summed E-state index contributed by atoms with van der Waals surface area (Å²) >= 11 is 0. The van der Waals surface area contributed by atoms with E-state index < -0.39 is 6.04 Å². The summed E-state index contributed by atoms with van der Waals surface area (Å²) in [6, 6.07) is 5.34. The number of carbonyl (C=O) groups is 2. The Labute approximate surface area is 129 Å². The van der Waals surface area contributed by atoms with Crippen LogP contribution in [-0.4, -0.2) is 35.8 Å². The molecule has 2 amide bonds. The second kappa shape index (κ2) is 6.07. The lowest BCUT2D eigenvalue weighted by molar-refractivity contribution is -0.134. The van der Waals surface area contributed by atoms with Crippen LogP contribution in [0.1, 0.15) is 32.6 Å². The minimum absolute atomic E-state index is 0.0297. The molecule has 0 spiro atoms. The third-order valence-corrected chi connectivity index (χ3v) is 4.70. The molecule has 2 aliphatic rings. The van der Waals surface area contributed by atoms with Crippen molar-refractivity contribution in [2.24, 2.45) is 5.92 Å². The highest BCUT2D eigenvalue weighted by Crippen LogP contribution is 2.29. The van der Waals surface area contributed by atoms with Crippen LogP contribution < -0.4 is 4.90 Å². The molecule has 4 nitrogen and oxygen atoms in total. The van der Waals surface area contributed by atoms with Crippen molar-refractivity contribution in [2.45, 2.75) is 38.6 Å². The summed E-state index contributed by atoms with van der Waals surface area (Å²) in [5.74, 6) is 0.281. The van der Waals surface area contributed by atoms with E-state index in [-0.39, 0.29) is 17.6 Å². The van der Waals surface area contributed by atoms with E-state index in [0.717, 1.165) is 25.9 Å². The summed E-state index contributed by atoms with van der Waals surface area (Å²) in [7, 11) is 0. The van der Waals surface area contributed by atoms with E-state index in [1.807, 2.05) is 4.90 Å². The number of hydrogen-bond donors (Lipinski definition) is 0. The molecule has 0 aliphatic carbocycles. The number of likely N-dealkylation sites (tertiary alicyclic amines) is 1. The van der Waals surface area contributed by atoms with Gasteiger partial charge in [0.05, 0.1) is 0 Å². The standard InChI is InChI=1S/C17H21FN2O2/c1-12-8-10-19(11-9-12)17(22)15-6-7-16(21)20(15)14-4-2-13(18)3-5-14/h2-5,12,15H,6-11H2,1H3. The summed E-state index contributed by atoms with van der Waals surface area (Å²) in [6.07, 6.45) is 2.95. The van der Waals surface area contributed by atoms with Crippen molar-refractivity contribution in [3.63, 3.8) is 0 Å². The molecule has 0 radical (unpaired) electrons. The van der Waals surface area contributed by atoms with Crippen LogP contribution in [0.3, 0.4) is 0 Å². The van der Waals surface area contributed by atoms with Crippen molar-refractivity contribution in [3.05, 3.63) is 30.1 Å². The van der Waals surface area contributed by atoms with Gasteiger partial charge in [0.15, 0.2) is 0 Å². The predicted molar refractivity (Wildman–Crippen MR) is 81.9 cm³/mol. The molecule has 1 aromatic rings. The van der Waals surface area contributed by atoms with E-state index in [9.17, 15) is 14.0 Å². The summed E-state index contributed by atoms with van der Waals surface area (Å²) in [5.41, 5.74) is 0.604. The van der Waals surface area contributed by atoms with Crippen molar-refractivity contribution in [2.75, 3.05) is 18.0 Å². The molecule has 0 bridgehead atoms. The Kier molecular flexibility index (Phi) is 4.14. The molecule has 2 aliphatic heterocycles. The van der Waals surface area contributed by atoms with Gasteiger partial charge in [-0.05, 0) is 49.4 Å². The topological polar surface area (TPSA) is 40.6 Å². The SMILES string of the molecule is CC1CCN(C(=O)C2CCC(=O)N2c2ccc(F)cc2)CC1. The number of carbonyl (C=O) groups excluding carboxylic acids is 2. The van der Waals surface area contributed by atoms with Gasteiger partial charge in [-0.25, -0.2) is 4.39 Å². The number of piperidine rings is 1. The van der Waals surface area contributed by atoms with E-state index in [1.54, 1.807) is 17.0 Å². The van der Waals surface area contributed by atoms with Crippen LogP contribution in [0.5, 0.6) is 0 Å². The first kappa shape index (κ1) is 15.0. The second-order valence-corrected chi connectivity index (χ2v) is 6.30. The van der Waals surface area contributed by atoms with Gasteiger partial charge in [0.2, 0.25) is 11.8 Å². The number of rotatable bonds is 2. The molecule has 0 N–H and O–H groups in total. The molecule has 118 valence electrons. The maximum atomic E-state index is 13.1. The molecule has 0 saturated carbocycles. The highest BCUT2D eigenvalue weighted by atomic mass is 19.1. The van der Waals surface area contributed by atoms with Crippen LogP contribution in [-0.2, 0) is 9.59 Å². The normalized spacial score (nSPS) is 23.2. The van der Waals surface area contributed by atoms with Crippen LogP contribution in [0.4, 0.5) is 10.1 Å². The molecule has 1 aromatic carbocycles. The zero-order chi connectivity index (χ0) is 15.7. The van der Waals surface area contributed by atoms with Crippen molar-refractivity contribution < 1.29 is 14.0 Å².